The summed E-state index contributed by atoms with van der Waals surface area (Å²) in [6, 6.07) is 8.46. The van der Waals surface area contributed by atoms with Gasteiger partial charge in [0.1, 0.15) is 18.0 Å². The summed E-state index contributed by atoms with van der Waals surface area (Å²) in [6.07, 6.45) is 2.53. The summed E-state index contributed by atoms with van der Waals surface area (Å²) < 4.78 is 5.07. The molecule has 2 aromatic rings. The molecule has 0 bridgehead atoms. The van der Waals surface area contributed by atoms with Crippen LogP contribution in [0.25, 0.3) is 0 Å². The zero-order chi connectivity index (χ0) is 18.2. The fourth-order valence-corrected chi connectivity index (χ4v) is 2.78. The van der Waals surface area contributed by atoms with Crippen LogP contribution in [-0.2, 0) is 4.74 Å². The van der Waals surface area contributed by atoms with Crippen LogP contribution in [-0.4, -0.2) is 30.2 Å². The minimum atomic E-state index is 0.440. The minimum Gasteiger partial charge on any atom is -0.385 e. The number of benzene rings is 1. The van der Waals surface area contributed by atoms with Gasteiger partial charge in [-0.25, -0.2) is 9.97 Å². The van der Waals surface area contributed by atoms with Gasteiger partial charge in [0.25, 0.3) is 0 Å². The molecule has 2 rings (SSSR count). The van der Waals surface area contributed by atoms with Crippen molar-refractivity contribution >= 4 is 17.3 Å². The standard InChI is InChI=1S/C20H30N4O/c1-14(2)16-8-6-9-17(15(3)4)20(16)24-19-12-18(22-13-23-19)21-10-7-11-25-5/h6,8-9,12-15H,7,10-11H2,1-5H3,(H2,21,22,23,24). The van der Waals surface area contributed by atoms with Crippen molar-refractivity contribution in [2.45, 2.75) is 46.0 Å². The average molecular weight is 342 g/mol. The molecule has 0 spiro atoms. The molecule has 0 aliphatic carbocycles. The van der Waals surface area contributed by atoms with Crippen molar-refractivity contribution in [3.8, 4) is 0 Å². The van der Waals surface area contributed by atoms with Crippen LogP contribution in [0.4, 0.5) is 17.3 Å². The molecular formula is C20H30N4O. The van der Waals surface area contributed by atoms with Gasteiger partial charge >= 0.3 is 0 Å². The van der Waals surface area contributed by atoms with E-state index < -0.39 is 0 Å². The molecule has 0 atom stereocenters. The Bertz CT molecular complexity index is 644. The summed E-state index contributed by atoms with van der Waals surface area (Å²) in [6.45, 7) is 10.4. The molecular weight excluding hydrogens is 312 g/mol. The molecule has 2 N–H and O–H groups in total. The molecule has 136 valence electrons. The molecule has 5 nitrogen and oxygen atoms in total. The van der Waals surface area contributed by atoms with Gasteiger partial charge in [-0.1, -0.05) is 45.9 Å². The lowest BCUT2D eigenvalue weighted by Gasteiger charge is -2.20. The third-order valence-corrected chi connectivity index (χ3v) is 4.12. The highest BCUT2D eigenvalue weighted by atomic mass is 16.5. The van der Waals surface area contributed by atoms with E-state index in [1.807, 2.05) is 6.07 Å². The monoisotopic (exact) mass is 342 g/mol. The highest BCUT2D eigenvalue weighted by Crippen LogP contribution is 2.34. The molecule has 1 aromatic heterocycles. The van der Waals surface area contributed by atoms with Crippen molar-refractivity contribution in [1.29, 1.82) is 0 Å². The molecule has 0 radical (unpaired) electrons. The van der Waals surface area contributed by atoms with Crippen LogP contribution in [0.1, 0.15) is 57.1 Å². The Balaban J connectivity index is 2.21. The van der Waals surface area contributed by atoms with Crippen LogP contribution < -0.4 is 10.6 Å². The van der Waals surface area contributed by atoms with E-state index in [2.05, 4.69) is 66.5 Å². The first-order valence-corrected chi connectivity index (χ1v) is 8.97. The maximum atomic E-state index is 5.07. The number of nitrogens with zero attached hydrogens (tertiary/aromatic N) is 2. The molecule has 1 heterocycles. The Morgan fingerprint density at radius 3 is 2.24 bits per heavy atom. The molecule has 0 amide bonds. The van der Waals surface area contributed by atoms with Gasteiger partial charge in [0.05, 0.1) is 0 Å². The number of hydrogen-bond donors (Lipinski definition) is 2. The highest BCUT2D eigenvalue weighted by molar-refractivity contribution is 5.67. The molecule has 0 unspecified atom stereocenters. The second-order valence-corrected chi connectivity index (χ2v) is 6.81. The lowest BCUT2D eigenvalue weighted by Crippen LogP contribution is -2.08. The topological polar surface area (TPSA) is 59.1 Å². The third-order valence-electron chi connectivity index (χ3n) is 4.12. The third kappa shape index (κ3) is 5.43. The van der Waals surface area contributed by atoms with E-state index >= 15 is 0 Å². The first-order valence-electron chi connectivity index (χ1n) is 8.97. The number of nitrogens with one attached hydrogen (secondary N) is 2. The van der Waals surface area contributed by atoms with E-state index in [-0.39, 0.29) is 0 Å². The van der Waals surface area contributed by atoms with E-state index in [1.54, 1.807) is 13.4 Å². The van der Waals surface area contributed by atoms with Crippen molar-refractivity contribution in [3.05, 3.63) is 41.7 Å². The summed E-state index contributed by atoms with van der Waals surface area (Å²) in [7, 11) is 1.71. The molecule has 5 heteroatoms. The van der Waals surface area contributed by atoms with Gasteiger partial charge in [0.15, 0.2) is 0 Å². The van der Waals surface area contributed by atoms with Crippen LogP contribution in [0.5, 0.6) is 0 Å². The first-order chi connectivity index (χ1) is 12.0. The molecule has 0 aliphatic heterocycles. The molecule has 0 saturated carbocycles. The Morgan fingerprint density at radius 2 is 1.64 bits per heavy atom. The van der Waals surface area contributed by atoms with Crippen molar-refractivity contribution in [3.63, 3.8) is 0 Å². The molecule has 0 saturated heterocycles. The van der Waals surface area contributed by atoms with E-state index in [0.717, 1.165) is 36.9 Å². The number of anilines is 3. The smallest absolute Gasteiger partial charge is 0.135 e. The number of para-hydroxylation sites is 1. The van der Waals surface area contributed by atoms with E-state index in [1.165, 1.54) is 11.1 Å². The van der Waals surface area contributed by atoms with Crippen molar-refractivity contribution in [1.82, 2.24) is 9.97 Å². The quantitative estimate of drug-likeness (QED) is 0.634. The van der Waals surface area contributed by atoms with Gasteiger partial charge in [-0.15, -0.1) is 0 Å². The summed E-state index contributed by atoms with van der Waals surface area (Å²) in [5, 5.41) is 6.84. The van der Waals surface area contributed by atoms with E-state index in [0.29, 0.717) is 11.8 Å². The SMILES string of the molecule is COCCCNc1cc(Nc2c(C(C)C)cccc2C(C)C)ncn1. The average Bonchev–Trinajstić information content (AvgIpc) is 2.59. The highest BCUT2D eigenvalue weighted by Gasteiger charge is 2.14. The Labute approximate surface area is 151 Å². The maximum absolute atomic E-state index is 5.07. The number of ether oxygens (including phenoxy) is 1. The van der Waals surface area contributed by atoms with Crippen LogP contribution in [0.3, 0.4) is 0 Å². The summed E-state index contributed by atoms with van der Waals surface area (Å²) in [4.78, 5) is 8.68. The molecule has 25 heavy (non-hydrogen) atoms. The summed E-state index contributed by atoms with van der Waals surface area (Å²) in [5.74, 6) is 2.50. The van der Waals surface area contributed by atoms with Crippen molar-refractivity contribution < 1.29 is 4.74 Å². The fraction of sp³-hybridized carbons (Fsp3) is 0.500. The second kappa shape index (κ2) is 9.37. The zero-order valence-corrected chi connectivity index (χ0v) is 16.0. The summed E-state index contributed by atoms with van der Waals surface area (Å²) >= 11 is 0. The largest absolute Gasteiger partial charge is 0.385 e. The lowest BCUT2D eigenvalue weighted by atomic mass is 9.92. The Morgan fingerprint density at radius 1 is 1.00 bits per heavy atom. The van der Waals surface area contributed by atoms with Gasteiger partial charge in [0.2, 0.25) is 0 Å². The van der Waals surface area contributed by atoms with Crippen LogP contribution in [0.15, 0.2) is 30.6 Å². The van der Waals surface area contributed by atoms with Gasteiger partial charge in [-0.05, 0) is 29.4 Å². The van der Waals surface area contributed by atoms with Crippen LogP contribution in [0, 0.1) is 0 Å². The number of methoxy groups -OCH3 is 1. The predicted octanol–water partition coefficient (Wildman–Crippen LogP) is 4.92. The molecule has 0 aliphatic rings. The van der Waals surface area contributed by atoms with E-state index in [4.69, 9.17) is 4.74 Å². The van der Waals surface area contributed by atoms with Crippen molar-refractivity contribution in [2.24, 2.45) is 0 Å². The maximum Gasteiger partial charge on any atom is 0.135 e. The second-order valence-electron chi connectivity index (χ2n) is 6.81. The Kier molecular flexibility index (Phi) is 7.19. The predicted molar refractivity (Wildman–Crippen MR) is 105 cm³/mol. The van der Waals surface area contributed by atoms with Crippen LogP contribution >= 0.6 is 0 Å². The van der Waals surface area contributed by atoms with E-state index in [9.17, 15) is 0 Å². The van der Waals surface area contributed by atoms with Gasteiger partial charge in [0, 0.05) is 32.0 Å². The van der Waals surface area contributed by atoms with Crippen LogP contribution in [0.2, 0.25) is 0 Å². The lowest BCUT2D eigenvalue weighted by molar-refractivity contribution is 0.198. The number of hydrogen-bond acceptors (Lipinski definition) is 5. The normalized spacial score (nSPS) is 11.2. The van der Waals surface area contributed by atoms with Gasteiger partial charge in [-0.2, -0.15) is 0 Å². The van der Waals surface area contributed by atoms with Crippen molar-refractivity contribution in [2.75, 3.05) is 30.9 Å². The fourth-order valence-electron chi connectivity index (χ4n) is 2.78. The number of aromatic nitrogens is 2. The van der Waals surface area contributed by atoms with Gasteiger partial charge < -0.3 is 15.4 Å². The van der Waals surface area contributed by atoms with Gasteiger partial charge in [-0.3, -0.25) is 0 Å². The summed E-state index contributed by atoms with van der Waals surface area (Å²) in [5.41, 5.74) is 3.77. The first kappa shape index (κ1) is 19.2. The minimum absolute atomic E-state index is 0.440. The number of rotatable bonds is 9. The molecule has 0 fully saturated rings. The Hall–Kier alpha value is -2.14. The zero-order valence-electron chi connectivity index (χ0n) is 16.0. The molecule has 1 aromatic carbocycles.